The van der Waals surface area contributed by atoms with Gasteiger partial charge in [0.25, 0.3) is 5.91 Å². The van der Waals surface area contributed by atoms with Crippen LogP contribution in [0.5, 0.6) is 0 Å². The number of nitrogens with two attached hydrogens (primary N) is 2. The SMILES string of the molecule is NC(=O)[C@H]1O[C@](O)(n2cnc3c(N)ncnc32)[C@H](O)[C@@H]1O. The molecule has 1 amide bonds. The molecule has 1 aliphatic rings. The number of carbonyl (C=O) groups excluding carboxylic acids is 1. The highest BCUT2D eigenvalue weighted by atomic mass is 16.7. The first-order valence-electron chi connectivity index (χ1n) is 5.86. The summed E-state index contributed by atoms with van der Waals surface area (Å²) in [5.41, 5.74) is 10.9. The number of hydrogen-bond donors (Lipinski definition) is 5. The van der Waals surface area contributed by atoms with E-state index in [9.17, 15) is 20.1 Å². The van der Waals surface area contributed by atoms with Crippen molar-refractivity contribution in [1.82, 2.24) is 19.5 Å². The molecule has 1 fully saturated rings. The number of primary amides is 1. The van der Waals surface area contributed by atoms with E-state index in [2.05, 4.69) is 15.0 Å². The molecule has 21 heavy (non-hydrogen) atoms. The third kappa shape index (κ3) is 1.76. The number of amides is 1. The Morgan fingerprint density at radius 2 is 2.10 bits per heavy atom. The van der Waals surface area contributed by atoms with E-state index < -0.39 is 30.1 Å². The lowest BCUT2D eigenvalue weighted by molar-refractivity contribution is -0.282. The third-order valence-corrected chi connectivity index (χ3v) is 3.31. The molecule has 0 spiro atoms. The molecule has 11 heteroatoms. The lowest BCUT2D eigenvalue weighted by atomic mass is 10.1. The van der Waals surface area contributed by atoms with Gasteiger partial charge >= 0.3 is 0 Å². The summed E-state index contributed by atoms with van der Waals surface area (Å²) in [7, 11) is 0. The van der Waals surface area contributed by atoms with Crippen LogP contribution in [0.15, 0.2) is 12.7 Å². The third-order valence-electron chi connectivity index (χ3n) is 3.31. The van der Waals surface area contributed by atoms with Gasteiger partial charge in [-0.05, 0) is 0 Å². The number of nitrogens with zero attached hydrogens (tertiary/aromatic N) is 4. The molecule has 11 nitrogen and oxygen atoms in total. The van der Waals surface area contributed by atoms with Crippen molar-refractivity contribution in [3.05, 3.63) is 12.7 Å². The molecule has 2 aromatic rings. The molecular formula is C10H12N6O5. The number of carbonyl (C=O) groups is 1. The predicted octanol–water partition coefficient (Wildman–Crippen LogP) is -3.38. The van der Waals surface area contributed by atoms with Crippen LogP contribution in [0.25, 0.3) is 11.2 Å². The first-order chi connectivity index (χ1) is 9.86. The Bertz CT molecular complexity index is 719. The van der Waals surface area contributed by atoms with Crippen LogP contribution >= 0.6 is 0 Å². The highest BCUT2D eigenvalue weighted by Gasteiger charge is 2.57. The highest BCUT2D eigenvalue weighted by Crippen LogP contribution is 2.35. The van der Waals surface area contributed by atoms with Gasteiger partial charge in [-0.1, -0.05) is 0 Å². The lowest BCUT2D eigenvalue weighted by Crippen LogP contribution is -2.45. The van der Waals surface area contributed by atoms with Gasteiger partial charge in [-0.3, -0.25) is 9.36 Å². The molecule has 4 atom stereocenters. The molecular weight excluding hydrogens is 284 g/mol. The Balaban J connectivity index is 2.13. The predicted molar refractivity (Wildman–Crippen MR) is 66.0 cm³/mol. The van der Waals surface area contributed by atoms with Crippen molar-refractivity contribution >= 4 is 22.9 Å². The smallest absolute Gasteiger partial charge is 0.286 e. The van der Waals surface area contributed by atoms with Crippen LogP contribution in [0, 0.1) is 0 Å². The summed E-state index contributed by atoms with van der Waals surface area (Å²) < 4.78 is 5.97. The lowest BCUT2D eigenvalue weighted by Gasteiger charge is -2.26. The minimum atomic E-state index is -2.46. The topological polar surface area (TPSA) is 183 Å². The van der Waals surface area contributed by atoms with Crippen LogP contribution in [0.2, 0.25) is 0 Å². The summed E-state index contributed by atoms with van der Waals surface area (Å²) in [5.74, 6) is -3.44. The Morgan fingerprint density at radius 1 is 1.38 bits per heavy atom. The second-order valence-corrected chi connectivity index (χ2v) is 4.58. The average molecular weight is 296 g/mol. The van der Waals surface area contributed by atoms with E-state index >= 15 is 0 Å². The Morgan fingerprint density at radius 3 is 2.71 bits per heavy atom. The summed E-state index contributed by atoms with van der Waals surface area (Å²) in [6, 6.07) is 0. The number of ether oxygens (including phenoxy) is 1. The van der Waals surface area contributed by atoms with Crippen LogP contribution in [0.1, 0.15) is 0 Å². The fourth-order valence-electron chi connectivity index (χ4n) is 2.23. The van der Waals surface area contributed by atoms with Crippen molar-refractivity contribution in [3.8, 4) is 0 Å². The summed E-state index contributed by atoms with van der Waals surface area (Å²) >= 11 is 0. The Kier molecular flexibility index (Phi) is 2.81. The molecule has 1 aliphatic heterocycles. The maximum Gasteiger partial charge on any atom is 0.286 e. The molecule has 2 aromatic heterocycles. The average Bonchev–Trinajstić information content (AvgIpc) is 2.96. The molecule has 3 rings (SSSR count). The molecule has 0 radical (unpaired) electrons. The van der Waals surface area contributed by atoms with E-state index in [1.165, 1.54) is 0 Å². The van der Waals surface area contributed by atoms with Gasteiger partial charge in [0.1, 0.15) is 24.3 Å². The monoisotopic (exact) mass is 296 g/mol. The van der Waals surface area contributed by atoms with Gasteiger partial charge in [0.2, 0.25) is 5.91 Å². The number of nitrogen functional groups attached to an aromatic ring is 1. The van der Waals surface area contributed by atoms with E-state index in [-0.39, 0.29) is 17.0 Å². The Hall–Kier alpha value is -2.34. The van der Waals surface area contributed by atoms with Gasteiger partial charge in [0.15, 0.2) is 23.7 Å². The summed E-state index contributed by atoms with van der Waals surface area (Å²) in [4.78, 5) is 22.7. The summed E-state index contributed by atoms with van der Waals surface area (Å²) in [5, 5.41) is 30.2. The number of imidazole rings is 1. The van der Waals surface area contributed by atoms with Gasteiger partial charge in [0, 0.05) is 0 Å². The van der Waals surface area contributed by atoms with E-state index in [0.717, 1.165) is 17.2 Å². The maximum atomic E-state index is 11.2. The van der Waals surface area contributed by atoms with Gasteiger partial charge in [0.05, 0.1) is 0 Å². The van der Waals surface area contributed by atoms with Crippen LogP contribution < -0.4 is 11.5 Å². The normalized spacial score (nSPS) is 32.6. The van der Waals surface area contributed by atoms with Crippen LogP contribution in [0.4, 0.5) is 5.82 Å². The molecule has 0 bridgehead atoms. The van der Waals surface area contributed by atoms with Gasteiger partial charge in [-0.15, -0.1) is 0 Å². The second-order valence-electron chi connectivity index (χ2n) is 4.58. The van der Waals surface area contributed by atoms with Gasteiger partial charge in [-0.2, -0.15) is 0 Å². The molecule has 0 aliphatic carbocycles. The minimum absolute atomic E-state index is 0.0568. The van der Waals surface area contributed by atoms with E-state index in [1.807, 2.05) is 0 Å². The van der Waals surface area contributed by atoms with Crippen molar-refractivity contribution in [2.75, 3.05) is 5.73 Å². The van der Waals surface area contributed by atoms with Crippen LogP contribution in [-0.2, 0) is 15.4 Å². The van der Waals surface area contributed by atoms with Crippen molar-refractivity contribution < 1.29 is 24.9 Å². The maximum absolute atomic E-state index is 11.2. The second kappa shape index (κ2) is 4.33. The minimum Gasteiger partial charge on any atom is -0.387 e. The molecule has 3 heterocycles. The fraction of sp³-hybridized carbons (Fsp3) is 0.400. The van der Waals surface area contributed by atoms with Crippen molar-refractivity contribution in [3.63, 3.8) is 0 Å². The van der Waals surface area contributed by atoms with E-state index in [0.29, 0.717) is 0 Å². The highest BCUT2D eigenvalue weighted by molar-refractivity contribution is 5.82. The number of hydrogen-bond acceptors (Lipinski definition) is 9. The quantitative estimate of drug-likeness (QED) is 0.377. The largest absolute Gasteiger partial charge is 0.387 e. The van der Waals surface area contributed by atoms with Gasteiger partial charge < -0.3 is 31.5 Å². The zero-order valence-electron chi connectivity index (χ0n) is 10.5. The van der Waals surface area contributed by atoms with E-state index in [4.69, 9.17) is 16.2 Å². The van der Waals surface area contributed by atoms with Crippen LogP contribution in [-0.4, -0.2) is 59.1 Å². The van der Waals surface area contributed by atoms with Crippen molar-refractivity contribution in [2.24, 2.45) is 5.73 Å². The molecule has 1 saturated heterocycles. The molecule has 0 unspecified atom stereocenters. The number of rotatable bonds is 2. The first-order valence-corrected chi connectivity index (χ1v) is 5.86. The number of aromatic nitrogens is 4. The summed E-state index contributed by atoms with van der Waals surface area (Å²) in [6.07, 6.45) is -2.91. The summed E-state index contributed by atoms with van der Waals surface area (Å²) in [6.45, 7) is 0. The molecule has 0 saturated carbocycles. The number of fused-ring (bicyclic) bond motifs is 1. The number of aliphatic hydroxyl groups excluding tert-OH is 2. The zero-order chi connectivity index (χ0) is 15.4. The van der Waals surface area contributed by atoms with Crippen molar-refractivity contribution in [2.45, 2.75) is 24.2 Å². The Labute approximate surface area is 116 Å². The zero-order valence-corrected chi connectivity index (χ0v) is 10.5. The van der Waals surface area contributed by atoms with E-state index in [1.54, 1.807) is 0 Å². The standard InChI is InChI=1S/C10H12N6O5/c11-7-3-9(14-1-13-7)16(2-15-3)10(20)6(18)4(17)5(21-10)8(12)19/h1-2,4-6,17-18,20H,(H2,12,19)(H2,11,13,14)/t4-,5+,6-,10+/m1/s1. The molecule has 112 valence electrons. The van der Waals surface area contributed by atoms with Crippen LogP contribution in [0.3, 0.4) is 0 Å². The number of anilines is 1. The van der Waals surface area contributed by atoms with Crippen molar-refractivity contribution in [1.29, 1.82) is 0 Å². The number of aliphatic hydroxyl groups is 3. The van der Waals surface area contributed by atoms with Gasteiger partial charge in [-0.25, -0.2) is 15.0 Å². The molecule has 7 N–H and O–H groups in total. The fourth-order valence-corrected chi connectivity index (χ4v) is 2.23. The molecule has 0 aromatic carbocycles. The first kappa shape index (κ1) is 13.6.